The van der Waals surface area contributed by atoms with Crippen molar-refractivity contribution in [2.24, 2.45) is 0 Å². The van der Waals surface area contributed by atoms with Crippen molar-refractivity contribution in [2.45, 2.75) is 44.6 Å². The van der Waals surface area contributed by atoms with Crippen molar-refractivity contribution in [3.63, 3.8) is 0 Å². The van der Waals surface area contributed by atoms with E-state index in [1.165, 1.54) is 32.1 Å². The molecule has 1 heterocycles. The number of nitrogens with zero attached hydrogens (tertiary/aromatic N) is 1. The Bertz CT molecular complexity index is 216. The van der Waals surface area contributed by atoms with E-state index < -0.39 is 0 Å². The molecule has 0 aromatic rings. The number of rotatable bonds is 1. The Morgan fingerprint density at radius 3 is 2.62 bits per heavy atom. The minimum absolute atomic E-state index is 0.756. The van der Waals surface area contributed by atoms with Gasteiger partial charge in [0.2, 0.25) is 0 Å². The Labute approximate surface area is 85.8 Å². The summed E-state index contributed by atoms with van der Waals surface area (Å²) < 4.78 is 0. The lowest BCUT2D eigenvalue weighted by Gasteiger charge is -2.37. The van der Waals surface area contributed by atoms with Gasteiger partial charge in [0.05, 0.1) is 4.99 Å². The molecule has 1 fully saturated rings. The Balaban J connectivity index is 1.97. The summed E-state index contributed by atoms with van der Waals surface area (Å²) in [4.78, 5) is 3.60. The van der Waals surface area contributed by atoms with Gasteiger partial charge in [0.25, 0.3) is 0 Å². The van der Waals surface area contributed by atoms with Gasteiger partial charge in [-0.15, -0.1) is 0 Å². The van der Waals surface area contributed by atoms with E-state index in [0.29, 0.717) is 0 Å². The van der Waals surface area contributed by atoms with E-state index in [0.717, 1.165) is 24.0 Å². The van der Waals surface area contributed by atoms with E-state index in [9.17, 15) is 0 Å². The summed E-state index contributed by atoms with van der Waals surface area (Å²) in [5, 5.41) is 0. The Hall–Kier alpha value is -0.370. The fourth-order valence-electron chi connectivity index (χ4n) is 2.34. The van der Waals surface area contributed by atoms with Crippen molar-refractivity contribution in [1.82, 2.24) is 4.90 Å². The lowest BCUT2D eigenvalue weighted by Crippen LogP contribution is -2.41. The molecule has 1 aliphatic heterocycles. The highest BCUT2D eigenvalue weighted by molar-refractivity contribution is 7.80. The maximum absolute atomic E-state index is 5.38. The van der Waals surface area contributed by atoms with E-state index in [-0.39, 0.29) is 0 Å². The van der Waals surface area contributed by atoms with E-state index in [1.807, 2.05) is 0 Å². The zero-order chi connectivity index (χ0) is 9.10. The summed E-state index contributed by atoms with van der Waals surface area (Å²) in [6.45, 7) is 1.06. The van der Waals surface area contributed by atoms with Crippen LogP contribution in [0.25, 0.3) is 0 Å². The Morgan fingerprint density at radius 2 is 1.92 bits per heavy atom. The Morgan fingerprint density at radius 1 is 1.15 bits per heavy atom. The molecule has 0 saturated heterocycles. The van der Waals surface area contributed by atoms with Crippen LogP contribution in [0.3, 0.4) is 0 Å². The van der Waals surface area contributed by atoms with Crippen LogP contribution in [-0.2, 0) is 0 Å². The second kappa shape index (κ2) is 4.23. The molecule has 2 heteroatoms. The van der Waals surface area contributed by atoms with Gasteiger partial charge >= 0.3 is 0 Å². The van der Waals surface area contributed by atoms with Crippen LogP contribution in [0.5, 0.6) is 0 Å². The topological polar surface area (TPSA) is 3.24 Å². The highest BCUT2D eigenvalue weighted by Crippen LogP contribution is 2.24. The highest BCUT2D eigenvalue weighted by atomic mass is 32.1. The molecular formula is C11H17NS. The van der Waals surface area contributed by atoms with Gasteiger partial charge in [0.1, 0.15) is 0 Å². The second-order valence-corrected chi connectivity index (χ2v) is 4.48. The first-order chi connectivity index (χ1) is 6.38. The minimum atomic E-state index is 0.756. The van der Waals surface area contributed by atoms with E-state index in [1.54, 1.807) is 0 Å². The average Bonchev–Trinajstić information content (AvgIpc) is 2.20. The van der Waals surface area contributed by atoms with Gasteiger partial charge in [0.15, 0.2) is 0 Å². The minimum Gasteiger partial charge on any atom is -0.359 e. The molecule has 0 aromatic carbocycles. The fraction of sp³-hybridized carbons (Fsp3) is 0.727. The molecule has 0 bridgehead atoms. The zero-order valence-corrected chi connectivity index (χ0v) is 8.85. The molecule has 2 aliphatic rings. The molecule has 0 amide bonds. The highest BCUT2D eigenvalue weighted by Gasteiger charge is 2.22. The molecule has 0 spiro atoms. The van der Waals surface area contributed by atoms with E-state index in [2.05, 4.69) is 17.1 Å². The molecule has 1 saturated carbocycles. The zero-order valence-electron chi connectivity index (χ0n) is 8.04. The van der Waals surface area contributed by atoms with Gasteiger partial charge in [-0.2, -0.15) is 0 Å². The first-order valence-electron chi connectivity index (χ1n) is 5.32. The third-order valence-corrected chi connectivity index (χ3v) is 3.50. The van der Waals surface area contributed by atoms with E-state index >= 15 is 0 Å². The summed E-state index contributed by atoms with van der Waals surface area (Å²) in [6.07, 6.45) is 12.4. The fourth-order valence-corrected chi connectivity index (χ4v) is 2.66. The smallest absolute Gasteiger partial charge is 0.0822 e. The molecule has 0 radical (unpaired) electrons. The third-order valence-electron chi connectivity index (χ3n) is 3.10. The lowest BCUT2D eigenvalue weighted by molar-refractivity contribution is 0.259. The van der Waals surface area contributed by atoms with Gasteiger partial charge in [0, 0.05) is 19.0 Å². The molecule has 72 valence electrons. The van der Waals surface area contributed by atoms with Crippen LogP contribution >= 0.6 is 12.2 Å². The van der Waals surface area contributed by atoms with Gasteiger partial charge < -0.3 is 4.90 Å². The predicted molar refractivity (Wildman–Crippen MR) is 59.9 cm³/mol. The summed E-state index contributed by atoms with van der Waals surface area (Å²) in [5.41, 5.74) is 0. The summed E-state index contributed by atoms with van der Waals surface area (Å²) in [6, 6.07) is 0.756. The van der Waals surface area contributed by atoms with Gasteiger partial charge in [-0.25, -0.2) is 0 Å². The molecule has 1 aliphatic carbocycles. The maximum atomic E-state index is 5.38. The van der Waals surface area contributed by atoms with Crippen LogP contribution in [0, 0.1) is 0 Å². The Kier molecular flexibility index (Phi) is 2.99. The number of hydrogen-bond donors (Lipinski definition) is 0. The number of thiocarbonyl (C=S) groups is 1. The van der Waals surface area contributed by atoms with Crippen LogP contribution in [0.15, 0.2) is 12.2 Å². The van der Waals surface area contributed by atoms with Crippen molar-refractivity contribution in [3.05, 3.63) is 12.2 Å². The van der Waals surface area contributed by atoms with Crippen LogP contribution in [0.2, 0.25) is 0 Å². The van der Waals surface area contributed by atoms with Crippen LogP contribution in [0.4, 0.5) is 0 Å². The quantitative estimate of drug-likeness (QED) is 0.467. The van der Waals surface area contributed by atoms with Crippen LogP contribution < -0.4 is 0 Å². The summed E-state index contributed by atoms with van der Waals surface area (Å²) in [7, 11) is 0. The van der Waals surface area contributed by atoms with Gasteiger partial charge in [-0.1, -0.05) is 43.6 Å². The predicted octanol–water partition coefficient (Wildman–Crippen LogP) is 2.91. The maximum Gasteiger partial charge on any atom is 0.0822 e. The van der Waals surface area contributed by atoms with Crippen molar-refractivity contribution < 1.29 is 0 Å². The van der Waals surface area contributed by atoms with Crippen LogP contribution in [0.1, 0.15) is 38.5 Å². The molecule has 0 atom stereocenters. The lowest BCUT2D eigenvalue weighted by atomic mass is 9.93. The van der Waals surface area contributed by atoms with Crippen LogP contribution in [-0.4, -0.2) is 22.5 Å². The van der Waals surface area contributed by atoms with Crippen molar-refractivity contribution in [3.8, 4) is 0 Å². The summed E-state index contributed by atoms with van der Waals surface area (Å²) >= 11 is 5.38. The van der Waals surface area contributed by atoms with E-state index in [4.69, 9.17) is 12.2 Å². The summed E-state index contributed by atoms with van der Waals surface area (Å²) in [5.74, 6) is 0. The second-order valence-electron chi connectivity index (χ2n) is 4.01. The molecule has 13 heavy (non-hydrogen) atoms. The molecule has 1 nitrogen and oxygen atoms in total. The molecular weight excluding hydrogens is 178 g/mol. The van der Waals surface area contributed by atoms with Crippen molar-refractivity contribution in [1.29, 1.82) is 0 Å². The average molecular weight is 195 g/mol. The third kappa shape index (κ3) is 2.11. The number of hydrogen-bond acceptors (Lipinski definition) is 1. The van der Waals surface area contributed by atoms with Gasteiger partial charge in [-0.05, 0) is 12.8 Å². The SMILES string of the molecule is S=C1CC=CCN1C1CCCCC1. The first-order valence-corrected chi connectivity index (χ1v) is 5.73. The monoisotopic (exact) mass is 195 g/mol. The molecule has 0 aromatic heterocycles. The van der Waals surface area contributed by atoms with Crippen molar-refractivity contribution >= 4 is 17.2 Å². The largest absolute Gasteiger partial charge is 0.359 e. The normalized spacial score (nSPS) is 25.2. The molecule has 0 N–H and O–H groups in total. The standard InChI is InChI=1S/C11H17NS/c13-11-8-4-5-9-12(11)10-6-2-1-3-7-10/h4-5,10H,1-3,6-9H2. The van der Waals surface area contributed by atoms with Gasteiger partial charge in [-0.3, -0.25) is 0 Å². The van der Waals surface area contributed by atoms with Crippen molar-refractivity contribution in [2.75, 3.05) is 6.54 Å². The molecule has 0 unspecified atom stereocenters. The molecule has 2 rings (SSSR count). The first kappa shape index (κ1) is 9.20.